The van der Waals surface area contributed by atoms with Crippen LogP contribution < -0.4 is 5.32 Å². The van der Waals surface area contributed by atoms with Crippen molar-refractivity contribution < 1.29 is 4.79 Å². The topological polar surface area (TPSA) is 83.6 Å². The molecule has 1 N–H and O–H groups in total. The van der Waals surface area contributed by atoms with Crippen molar-refractivity contribution >= 4 is 23.4 Å². The van der Waals surface area contributed by atoms with E-state index in [9.17, 15) is 10.1 Å². The number of benzene rings is 2. The predicted molar refractivity (Wildman–Crippen MR) is 132 cm³/mol. The van der Waals surface area contributed by atoms with Gasteiger partial charge >= 0.3 is 0 Å². The number of anilines is 1. The Hall–Kier alpha value is -3.11. The normalized spacial score (nSPS) is 14.2. The number of nitrogens with zero attached hydrogens (tertiary/aromatic N) is 4. The number of rotatable bonds is 6. The molecule has 6 nitrogen and oxygen atoms in total. The van der Waals surface area contributed by atoms with Crippen molar-refractivity contribution in [2.24, 2.45) is 0 Å². The van der Waals surface area contributed by atoms with Crippen molar-refractivity contribution in [3.8, 4) is 17.5 Å². The number of carbonyl (C=O) groups excluding carboxylic acids is 1. The number of hydrogen-bond donors (Lipinski definition) is 1. The molecular formula is C26H29N5OS. The highest BCUT2D eigenvalue weighted by Crippen LogP contribution is 2.37. The third kappa shape index (κ3) is 5.28. The van der Waals surface area contributed by atoms with Crippen LogP contribution in [0.25, 0.3) is 11.4 Å². The predicted octanol–water partition coefficient (Wildman–Crippen LogP) is 5.96. The van der Waals surface area contributed by atoms with Gasteiger partial charge in [0.1, 0.15) is 6.07 Å². The van der Waals surface area contributed by atoms with Crippen LogP contribution in [-0.4, -0.2) is 26.4 Å². The number of nitriles is 1. The Morgan fingerprint density at radius 3 is 2.48 bits per heavy atom. The molecule has 1 aromatic heterocycles. The van der Waals surface area contributed by atoms with E-state index in [0.717, 1.165) is 29.4 Å². The number of thioether (sulfide) groups is 1. The van der Waals surface area contributed by atoms with Gasteiger partial charge < -0.3 is 5.32 Å². The molecule has 7 heteroatoms. The first-order valence-corrected chi connectivity index (χ1v) is 12.3. The van der Waals surface area contributed by atoms with Gasteiger partial charge in [0.05, 0.1) is 17.0 Å². The molecule has 1 aliphatic rings. The van der Waals surface area contributed by atoms with Crippen LogP contribution in [0.5, 0.6) is 0 Å². The average Bonchev–Trinajstić information content (AvgIpc) is 3.47. The van der Waals surface area contributed by atoms with Gasteiger partial charge in [0, 0.05) is 11.6 Å². The number of nitrogens with one attached hydrogen (secondary N) is 1. The van der Waals surface area contributed by atoms with E-state index in [-0.39, 0.29) is 17.1 Å². The summed E-state index contributed by atoms with van der Waals surface area (Å²) in [7, 11) is 0. The molecule has 2 aromatic carbocycles. The molecule has 1 heterocycles. The minimum Gasteiger partial charge on any atom is -0.324 e. The molecule has 4 rings (SSSR count). The minimum absolute atomic E-state index is 0.0934. The summed E-state index contributed by atoms with van der Waals surface area (Å²) in [5, 5.41) is 21.8. The monoisotopic (exact) mass is 459 g/mol. The summed E-state index contributed by atoms with van der Waals surface area (Å²) >= 11 is 1.39. The zero-order valence-corrected chi connectivity index (χ0v) is 20.2. The maximum atomic E-state index is 12.6. The summed E-state index contributed by atoms with van der Waals surface area (Å²) in [5.74, 6) is 0.896. The maximum absolute atomic E-state index is 12.6. The number of para-hydroxylation sites is 1. The van der Waals surface area contributed by atoms with E-state index in [1.54, 1.807) is 24.3 Å². The molecular weight excluding hydrogens is 430 g/mol. The first-order valence-electron chi connectivity index (χ1n) is 11.3. The Labute approximate surface area is 199 Å². The van der Waals surface area contributed by atoms with E-state index in [2.05, 4.69) is 71.2 Å². The lowest BCUT2D eigenvalue weighted by atomic mass is 9.86. The third-order valence-corrected chi connectivity index (χ3v) is 6.96. The number of hydrogen-bond acceptors (Lipinski definition) is 5. The zero-order chi connectivity index (χ0) is 23.4. The highest BCUT2D eigenvalue weighted by Gasteiger charge is 2.25. The van der Waals surface area contributed by atoms with E-state index in [0.29, 0.717) is 17.3 Å². The van der Waals surface area contributed by atoms with E-state index in [1.807, 2.05) is 0 Å². The van der Waals surface area contributed by atoms with Gasteiger partial charge in [0.25, 0.3) is 0 Å². The summed E-state index contributed by atoms with van der Waals surface area (Å²) in [6, 6.07) is 18.0. The van der Waals surface area contributed by atoms with Crippen LogP contribution in [-0.2, 0) is 10.2 Å². The quantitative estimate of drug-likeness (QED) is 0.460. The molecule has 33 heavy (non-hydrogen) atoms. The molecule has 1 fully saturated rings. The van der Waals surface area contributed by atoms with E-state index >= 15 is 0 Å². The van der Waals surface area contributed by atoms with Gasteiger partial charge in [-0.2, -0.15) is 5.26 Å². The first-order chi connectivity index (χ1) is 15.9. The Bertz CT molecular complexity index is 1160. The molecule has 0 bridgehead atoms. The zero-order valence-electron chi connectivity index (χ0n) is 19.3. The average molecular weight is 460 g/mol. The second-order valence-corrected chi connectivity index (χ2v) is 10.4. The van der Waals surface area contributed by atoms with Crippen molar-refractivity contribution in [3.63, 3.8) is 0 Å². The summed E-state index contributed by atoms with van der Waals surface area (Å²) in [4.78, 5) is 12.6. The van der Waals surface area contributed by atoms with E-state index in [1.165, 1.54) is 30.2 Å². The third-order valence-electron chi connectivity index (χ3n) is 6.02. The molecule has 1 saturated carbocycles. The van der Waals surface area contributed by atoms with Crippen LogP contribution in [0.2, 0.25) is 0 Å². The van der Waals surface area contributed by atoms with Crippen LogP contribution in [0.1, 0.15) is 63.6 Å². The maximum Gasteiger partial charge on any atom is 0.234 e. The van der Waals surface area contributed by atoms with Crippen molar-refractivity contribution in [2.75, 3.05) is 11.1 Å². The van der Waals surface area contributed by atoms with Crippen LogP contribution in [0, 0.1) is 11.3 Å². The molecule has 3 aromatic rings. The van der Waals surface area contributed by atoms with Crippen molar-refractivity contribution in [2.45, 2.75) is 63.1 Å². The molecule has 0 aliphatic heterocycles. The Balaban J connectivity index is 1.54. The van der Waals surface area contributed by atoms with Crippen LogP contribution in [0.3, 0.4) is 0 Å². The lowest BCUT2D eigenvalue weighted by Crippen LogP contribution is -2.16. The van der Waals surface area contributed by atoms with Crippen molar-refractivity contribution in [1.82, 2.24) is 14.8 Å². The Morgan fingerprint density at radius 1 is 1.12 bits per heavy atom. The summed E-state index contributed by atoms with van der Waals surface area (Å²) in [6.07, 6.45) is 4.59. The fourth-order valence-electron chi connectivity index (χ4n) is 4.19. The van der Waals surface area contributed by atoms with Gasteiger partial charge in [0.2, 0.25) is 5.91 Å². The van der Waals surface area contributed by atoms with Gasteiger partial charge in [-0.05, 0) is 36.0 Å². The largest absolute Gasteiger partial charge is 0.324 e. The van der Waals surface area contributed by atoms with E-state index < -0.39 is 0 Å². The molecule has 1 amide bonds. The molecule has 0 radical (unpaired) electrons. The lowest BCUT2D eigenvalue weighted by Gasteiger charge is -2.20. The Morgan fingerprint density at radius 2 is 1.82 bits per heavy atom. The van der Waals surface area contributed by atoms with Gasteiger partial charge in [-0.25, -0.2) is 0 Å². The summed E-state index contributed by atoms with van der Waals surface area (Å²) in [5.41, 5.74) is 3.40. The molecule has 170 valence electrons. The molecule has 0 spiro atoms. The highest BCUT2D eigenvalue weighted by atomic mass is 32.2. The second-order valence-electron chi connectivity index (χ2n) is 9.44. The summed E-state index contributed by atoms with van der Waals surface area (Å²) in [6.45, 7) is 6.62. The SMILES string of the molecule is CC(C)(C)c1ccc(-c2nnc(SCC(=O)Nc3ccccc3C#N)n2C2CCCC2)cc1. The number of carbonyl (C=O) groups is 1. The lowest BCUT2D eigenvalue weighted by molar-refractivity contribution is -0.113. The molecule has 0 unspecified atom stereocenters. The fourth-order valence-corrected chi connectivity index (χ4v) is 4.99. The molecule has 1 aliphatic carbocycles. The summed E-state index contributed by atoms with van der Waals surface area (Å²) < 4.78 is 2.22. The van der Waals surface area contributed by atoms with Crippen molar-refractivity contribution in [3.05, 3.63) is 59.7 Å². The van der Waals surface area contributed by atoms with Crippen molar-refractivity contribution in [1.29, 1.82) is 5.26 Å². The van der Waals surface area contributed by atoms with Gasteiger partial charge in [-0.3, -0.25) is 9.36 Å². The number of amides is 1. The van der Waals surface area contributed by atoms with E-state index in [4.69, 9.17) is 0 Å². The molecule has 0 saturated heterocycles. The molecule has 0 atom stereocenters. The van der Waals surface area contributed by atoms with Crippen LogP contribution in [0.15, 0.2) is 53.7 Å². The Kier molecular flexibility index (Phi) is 6.85. The first kappa shape index (κ1) is 23.1. The minimum atomic E-state index is -0.167. The number of aromatic nitrogens is 3. The highest BCUT2D eigenvalue weighted by molar-refractivity contribution is 7.99. The van der Waals surface area contributed by atoms with Gasteiger partial charge in [0.15, 0.2) is 11.0 Å². The fraction of sp³-hybridized carbons (Fsp3) is 0.385. The standard InChI is InChI=1S/C26H29N5OS/c1-26(2,3)20-14-12-18(13-15-20)24-29-30-25(31(24)21-9-5-6-10-21)33-17-23(32)28-22-11-7-4-8-19(22)16-27/h4,7-8,11-15,21H,5-6,9-10,17H2,1-3H3,(H,28,32). The van der Waals surface area contributed by atoms with Gasteiger partial charge in [-0.1, -0.05) is 81.8 Å². The second kappa shape index (κ2) is 9.80. The smallest absolute Gasteiger partial charge is 0.234 e. The van der Waals surface area contributed by atoms with Crippen LogP contribution in [0.4, 0.5) is 5.69 Å². The van der Waals surface area contributed by atoms with Gasteiger partial charge in [-0.15, -0.1) is 10.2 Å². The van der Waals surface area contributed by atoms with Crippen LogP contribution >= 0.6 is 11.8 Å².